The number of rotatable bonds is 5. The summed E-state index contributed by atoms with van der Waals surface area (Å²) in [5, 5.41) is 6.23. The third kappa shape index (κ3) is 4.61. The Morgan fingerprint density at radius 3 is 2.41 bits per heavy atom. The minimum Gasteiger partial charge on any atom is -0.466 e. The Kier molecular flexibility index (Phi) is 6.36. The fourth-order valence-electron chi connectivity index (χ4n) is 3.49. The summed E-state index contributed by atoms with van der Waals surface area (Å²) in [5.41, 5.74) is 1.80. The van der Waals surface area contributed by atoms with E-state index in [9.17, 15) is 9.59 Å². The normalized spacial score (nSPS) is 21.6. The molecule has 0 spiro atoms. The molecule has 146 valence electrons. The highest BCUT2D eigenvalue weighted by molar-refractivity contribution is 6.30. The molecule has 0 aliphatic carbocycles. The van der Waals surface area contributed by atoms with E-state index in [1.807, 2.05) is 0 Å². The lowest BCUT2D eigenvalue weighted by Crippen LogP contribution is -2.51. The van der Waals surface area contributed by atoms with E-state index in [1.54, 1.807) is 24.3 Å². The van der Waals surface area contributed by atoms with Gasteiger partial charge in [0.05, 0.1) is 18.7 Å². The highest BCUT2D eigenvalue weighted by Crippen LogP contribution is 2.29. The molecule has 1 aromatic carbocycles. The summed E-state index contributed by atoms with van der Waals surface area (Å²) in [4.78, 5) is 29.4. The first-order valence-electron chi connectivity index (χ1n) is 9.11. The molecule has 2 heterocycles. The van der Waals surface area contributed by atoms with Gasteiger partial charge in [-0.25, -0.2) is 9.59 Å². The average molecular weight is 393 g/mol. The molecule has 2 aliphatic rings. The molecule has 0 saturated carbocycles. The summed E-state index contributed by atoms with van der Waals surface area (Å²) in [6, 6.07) is 6.19. The van der Waals surface area contributed by atoms with Crippen LogP contribution in [0.1, 0.15) is 18.5 Å². The predicted octanol–water partition coefficient (Wildman–Crippen LogP) is 1.76. The van der Waals surface area contributed by atoms with Crippen LogP contribution in [0.5, 0.6) is 0 Å². The third-order valence-corrected chi connectivity index (χ3v) is 5.31. The van der Waals surface area contributed by atoms with Gasteiger partial charge in [0, 0.05) is 43.4 Å². The van der Waals surface area contributed by atoms with Gasteiger partial charge < -0.3 is 20.3 Å². The van der Waals surface area contributed by atoms with Crippen LogP contribution in [0.3, 0.4) is 0 Å². The van der Waals surface area contributed by atoms with Crippen LogP contribution in [0.4, 0.5) is 4.79 Å². The molecule has 27 heavy (non-hydrogen) atoms. The average Bonchev–Trinajstić information content (AvgIpc) is 2.68. The Labute approximate surface area is 164 Å². The molecule has 1 fully saturated rings. The Morgan fingerprint density at radius 1 is 1.19 bits per heavy atom. The molecule has 2 amide bonds. The van der Waals surface area contributed by atoms with Crippen molar-refractivity contribution in [3.63, 3.8) is 0 Å². The number of amides is 2. The van der Waals surface area contributed by atoms with E-state index in [2.05, 4.69) is 27.4 Å². The smallest absolute Gasteiger partial charge is 0.338 e. The van der Waals surface area contributed by atoms with Gasteiger partial charge in [0.1, 0.15) is 0 Å². The number of carbonyl (C=O) groups is 2. The number of hydrogen-bond donors (Lipinski definition) is 2. The van der Waals surface area contributed by atoms with Crippen molar-refractivity contribution in [1.29, 1.82) is 0 Å². The lowest BCUT2D eigenvalue weighted by atomic mass is 9.95. The maximum atomic E-state index is 12.6. The van der Waals surface area contributed by atoms with Crippen molar-refractivity contribution in [3.05, 3.63) is 46.1 Å². The van der Waals surface area contributed by atoms with Gasteiger partial charge in [-0.3, -0.25) is 4.90 Å². The molecule has 8 heteroatoms. The summed E-state index contributed by atoms with van der Waals surface area (Å²) >= 11 is 5.97. The van der Waals surface area contributed by atoms with Gasteiger partial charge in [-0.2, -0.15) is 0 Å². The summed E-state index contributed by atoms with van der Waals surface area (Å²) < 4.78 is 5.01. The van der Waals surface area contributed by atoms with Crippen molar-refractivity contribution in [2.24, 2.45) is 0 Å². The number of likely N-dealkylation sites (N-methyl/N-ethyl adjacent to an activating group) is 1. The summed E-state index contributed by atoms with van der Waals surface area (Å²) in [6.45, 7) is 7.41. The molecular formula is C19H25ClN4O3. The van der Waals surface area contributed by atoms with Crippen LogP contribution < -0.4 is 10.6 Å². The fourth-order valence-corrected chi connectivity index (χ4v) is 3.61. The van der Waals surface area contributed by atoms with Crippen molar-refractivity contribution in [2.75, 3.05) is 46.4 Å². The lowest BCUT2D eigenvalue weighted by molar-refractivity contribution is -0.136. The van der Waals surface area contributed by atoms with Crippen molar-refractivity contribution in [3.8, 4) is 0 Å². The van der Waals surface area contributed by atoms with Gasteiger partial charge in [-0.15, -0.1) is 0 Å². The molecule has 2 N–H and O–H groups in total. The van der Waals surface area contributed by atoms with E-state index < -0.39 is 12.0 Å². The van der Waals surface area contributed by atoms with E-state index in [1.165, 1.54) is 7.11 Å². The number of carbonyl (C=O) groups excluding carboxylic acids is 2. The molecule has 2 aliphatic heterocycles. The van der Waals surface area contributed by atoms with E-state index in [4.69, 9.17) is 16.3 Å². The predicted molar refractivity (Wildman–Crippen MR) is 103 cm³/mol. The van der Waals surface area contributed by atoms with Crippen LogP contribution in [0.25, 0.3) is 0 Å². The number of esters is 1. The van der Waals surface area contributed by atoms with Crippen molar-refractivity contribution in [1.82, 2.24) is 20.4 Å². The molecule has 1 unspecified atom stereocenters. The van der Waals surface area contributed by atoms with Gasteiger partial charge in [0.2, 0.25) is 0 Å². The Bertz CT molecular complexity index is 727. The summed E-state index contributed by atoms with van der Waals surface area (Å²) in [6.07, 6.45) is 0. The maximum Gasteiger partial charge on any atom is 0.338 e. The van der Waals surface area contributed by atoms with E-state index in [0.717, 1.165) is 38.3 Å². The second-order valence-electron chi connectivity index (χ2n) is 6.68. The second-order valence-corrected chi connectivity index (χ2v) is 7.11. The van der Waals surface area contributed by atoms with Crippen LogP contribution in [0.2, 0.25) is 5.02 Å². The standard InChI is InChI=1S/C19H25ClN4O3/c1-3-23-8-10-24(11-9-23)12-15-16(18(25)27-2)17(22-19(26)21-15)13-4-6-14(20)7-5-13/h4-7,17H,3,8-12H2,1-2H3,(H2,21,22,26). The van der Waals surface area contributed by atoms with Crippen LogP contribution in [0.15, 0.2) is 35.5 Å². The molecule has 1 atom stereocenters. The van der Waals surface area contributed by atoms with Crippen molar-refractivity contribution < 1.29 is 14.3 Å². The highest BCUT2D eigenvalue weighted by atomic mass is 35.5. The quantitative estimate of drug-likeness (QED) is 0.747. The summed E-state index contributed by atoms with van der Waals surface area (Å²) in [7, 11) is 1.35. The number of nitrogens with zero attached hydrogens (tertiary/aromatic N) is 2. The maximum absolute atomic E-state index is 12.6. The Hall–Kier alpha value is -2.09. The first-order chi connectivity index (χ1) is 13.0. The number of halogens is 1. The number of ether oxygens (including phenoxy) is 1. The van der Waals surface area contributed by atoms with Crippen LogP contribution >= 0.6 is 11.6 Å². The number of benzene rings is 1. The van der Waals surface area contributed by atoms with Crippen LogP contribution in [0, 0.1) is 0 Å². The molecule has 1 aromatic rings. The lowest BCUT2D eigenvalue weighted by Gasteiger charge is -2.36. The minimum absolute atomic E-state index is 0.329. The first-order valence-corrected chi connectivity index (χ1v) is 9.48. The molecular weight excluding hydrogens is 368 g/mol. The first kappa shape index (κ1) is 19.7. The van der Waals surface area contributed by atoms with Gasteiger partial charge >= 0.3 is 12.0 Å². The van der Waals surface area contributed by atoms with E-state index in [-0.39, 0.29) is 6.03 Å². The molecule has 0 bridgehead atoms. The fraction of sp³-hybridized carbons (Fsp3) is 0.474. The molecule has 1 saturated heterocycles. The zero-order chi connectivity index (χ0) is 19.4. The van der Waals surface area contributed by atoms with Gasteiger partial charge in [0.15, 0.2) is 0 Å². The minimum atomic E-state index is -0.574. The van der Waals surface area contributed by atoms with E-state index >= 15 is 0 Å². The summed E-state index contributed by atoms with van der Waals surface area (Å²) in [5.74, 6) is -0.454. The monoisotopic (exact) mass is 392 g/mol. The largest absolute Gasteiger partial charge is 0.466 e. The van der Waals surface area contributed by atoms with Crippen molar-refractivity contribution >= 4 is 23.6 Å². The molecule has 7 nitrogen and oxygen atoms in total. The van der Waals surface area contributed by atoms with Crippen LogP contribution in [-0.2, 0) is 9.53 Å². The van der Waals surface area contributed by atoms with Gasteiger partial charge in [-0.1, -0.05) is 30.7 Å². The SMILES string of the molecule is CCN1CCN(CC2=C(C(=O)OC)C(c3ccc(Cl)cc3)NC(=O)N2)CC1. The zero-order valence-corrected chi connectivity index (χ0v) is 16.4. The molecule has 0 aromatic heterocycles. The zero-order valence-electron chi connectivity index (χ0n) is 15.6. The van der Waals surface area contributed by atoms with Crippen LogP contribution in [-0.4, -0.2) is 68.2 Å². The van der Waals surface area contributed by atoms with Crippen molar-refractivity contribution in [2.45, 2.75) is 13.0 Å². The highest BCUT2D eigenvalue weighted by Gasteiger charge is 2.34. The number of nitrogens with one attached hydrogen (secondary N) is 2. The third-order valence-electron chi connectivity index (χ3n) is 5.06. The Morgan fingerprint density at radius 2 is 1.81 bits per heavy atom. The van der Waals surface area contributed by atoms with Gasteiger partial charge in [-0.05, 0) is 24.2 Å². The number of hydrogen-bond acceptors (Lipinski definition) is 5. The topological polar surface area (TPSA) is 73.9 Å². The number of urea groups is 1. The number of methoxy groups -OCH3 is 1. The second kappa shape index (κ2) is 8.73. The Balaban J connectivity index is 1.89. The van der Waals surface area contributed by atoms with E-state index in [0.29, 0.717) is 22.8 Å². The molecule has 0 radical (unpaired) electrons. The number of piperazine rings is 1. The van der Waals surface area contributed by atoms with Gasteiger partial charge in [0.25, 0.3) is 0 Å². The molecule has 3 rings (SSSR count).